The molecule has 0 amide bonds. The van der Waals surface area contributed by atoms with Crippen molar-refractivity contribution in [3.63, 3.8) is 0 Å². The molecule has 0 unspecified atom stereocenters. The Balaban J connectivity index is 2.25. The first-order valence-corrected chi connectivity index (χ1v) is 6.05. The Hall–Kier alpha value is -0.970. The maximum absolute atomic E-state index is 5.95. The number of benzene rings is 1. The monoisotopic (exact) mass is 254 g/mol. The van der Waals surface area contributed by atoms with Crippen LogP contribution >= 0.6 is 23.4 Å². The van der Waals surface area contributed by atoms with Gasteiger partial charge in [0.2, 0.25) is 0 Å². The second-order valence-corrected chi connectivity index (χ2v) is 4.62. The number of rotatable bonds is 4. The van der Waals surface area contributed by atoms with Gasteiger partial charge in [-0.05, 0) is 48.5 Å². The molecule has 0 bridgehead atoms. The van der Waals surface area contributed by atoms with E-state index < -0.39 is 0 Å². The van der Waals surface area contributed by atoms with Gasteiger partial charge < -0.3 is 10.2 Å². The molecule has 1 aromatic heterocycles. The van der Waals surface area contributed by atoms with E-state index in [0.717, 1.165) is 21.9 Å². The molecular weight excluding hydrogens is 244 g/mol. The quantitative estimate of drug-likeness (QED) is 0.911. The summed E-state index contributed by atoms with van der Waals surface area (Å²) in [6.45, 7) is 0.597. The minimum atomic E-state index is 0.597. The molecule has 0 radical (unpaired) electrons. The number of aromatic nitrogens is 1. The summed E-state index contributed by atoms with van der Waals surface area (Å²) in [6.07, 6.45) is 3.98. The third-order valence-electron chi connectivity index (χ3n) is 2.04. The van der Waals surface area contributed by atoms with Crippen molar-refractivity contribution in [3.8, 4) is 0 Å². The van der Waals surface area contributed by atoms with Crippen LogP contribution in [0.2, 0.25) is 5.02 Å². The van der Waals surface area contributed by atoms with Crippen molar-refractivity contribution in [1.82, 2.24) is 4.98 Å². The fourth-order valence-corrected chi connectivity index (χ4v) is 2.38. The van der Waals surface area contributed by atoms with E-state index in [1.165, 1.54) is 11.8 Å². The van der Waals surface area contributed by atoms with Crippen LogP contribution in [0.3, 0.4) is 0 Å². The largest absolute Gasteiger partial charge is 0.440 e. The number of nitrogens with two attached hydrogens (primary N) is 1. The summed E-state index contributed by atoms with van der Waals surface area (Å²) in [4.78, 5) is 5.15. The third-order valence-corrected chi connectivity index (χ3v) is 3.27. The number of nitrogens with zero attached hydrogens (tertiary/aromatic N) is 1. The average molecular weight is 255 g/mol. The maximum atomic E-state index is 5.95. The van der Waals surface area contributed by atoms with E-state index in [1.807, 2.05) is 18.2 Å². The van der Waals surface area contributed by atoms with Gasteiger partial charge in [0, 0.05) is 9.92 Å². The molecule has 2 aromatic rings. The third kappa shape index (κ3) is 2.78. The average Bonchev–Trinajstić information content (AvgIpc) is 2.75. The highest BCUT2D eigenvalue weighted by molar-refractivity contribution is 7.99. The van der Waals surface area contributed by atoms with E-state index in [9.17, 15) is 0 Å². The molecule has 0 atom stereocenters. The van der Waals surface area contributed by atoms with Crippen LogP contribution in [0.5, 0.6) is 0 Å². The first-order valence-electron chi connectivity index (χ1n) is 4.85. The molecule has 0 saturated heterocycles. The fraction of sp³-hybridized carbons (Fsp3) is 0.182. The van der Waals surface area contributed by atoms with E-state index in [1.54, 1.807) is 12.5 Å². The fourth-order valence-electron chi connectivity index (χ4n) is 1.35. The van der Waals surface area contributed by atoms with E-state index in [0.29, 0.717) is 11.8 Å². The lowest BCUT2D eigenvalue weighted by Crippen LogP contribution is -2.03. The van der Waals surface area contributed by atoms with Gasteiger partial charge in [-0.2, -0.15) is 0 Å². The molecule has 5 heteroatoms. The summed E-state index contributed by atoms with van der Waals surface area (Å²) < 4.78 is 5.19. The van der Waals surface area contributed by atoms with Gasteiger partial charge in [0.15, 0.2) is 0 Å². The van der Waals surface area contributed by atoms with E-state index in [-0.39, 0.29) is 0 Å². The van der Waals surface area contributed by atoms with E-state index >= 15 is 0 Å². The number of oxazole rings is 1. The maximum Gasteiger partial charge on any atom is 0.260 e. The first kappa shape index (κ1) is 11.5. The minimum absolute atomic E-state index is 0.597. The van der Waals surface area contributed by atoms with Crippen molar-refractivity contribution in [2.24, 2.45) is 5.73 Å². The zero-order chi connectivity index (χ0) is 11.4. The van der Waals surface area contributed by atoms with Crippen molar-refractivity contribution < 1.29 is 4.42 Å². The lowest BCUT2D eigenvalue weighted by atomic mass is 10.1. The highest BCUT2D eigenvalue weighted by Crippen LogP contribution is 2.31. The molecule has 0 fully saturated rings. The van der Waals surface area contributed by atoms with Crippen molar-refractivity contribution in [1.29, 1.82) is 0 Å². The van der Waals surface area contributed by atoms with Crippen molar-refractivity contribution >= 4 is 23.4 Å². The summed E-state index contributed by atoms with van der Waals surface area (Å²) >= 11 is 7.42. The first-order chi connectivity index (χ1) is 7.79. The lowest BCUT2D eigenvalue weighted by molar-refractivity contribution is 0.454. The van der Waals surface area contributed by atoms with Gasteiger partial charge in [-0.3, -0.25) is 0 Å². The van der Waals surface area contributed by atoms with E-state index in [4.69, 9.17) is 21.8 Å². The molecule has 3 nitrogen and oxygen atoms in total. The summed E-state index contributed by atoms with van der Waals surface area (Å²) in [5.41, 5.74) is 6.68. The zero-order valence-corrected chi connectivity index (χ0v) is 10.1. The van der Waals surface area contributed by atoms with E-state index in [2.05, 4.69) is 4.98 Å². The second kappa shape index (κ2) is 5.39. The highest BCUT2D eigenvalue weighted by atomic mass is 35.5. The van der Waals surface area contributed by atoms with Crippen LogP contribution in [0, 0.1) is 0 Å². The molecule has 0 aliphatic rings. The van der Waals surface area contributed by atoms with Gasteiger partial charge in [-0.1, -0.05) is 11.6 Å². The summed E-state index contributed by atoms with van der Waals surface area (Å²) in [7, 11) is 0. The van der Waals surface area contributed by atoms with Crippen LogP contribution in [-0.4, -0.2) is 11.5 Å². The molecule has 2 rings (SSSR count). The Morgan fingerprint density at radius 2 is 2.31 bits per heavy atom. The standard InChI is InChI=1S/C11H11ClN2OS/c12-9-1-2-10(8(7-9)3-4-13)16-11-14-5-6-15-11/h1-2,5-7H,3-4,13H2. The van der Waals surface area contributed by atoms with Crippen molar-refractivity contribution in [2.75, 3.05) is 6.54 Å². The van der Waals surface area contributed by atoms with Crippen molar-refractivity contribution in [3.05, 3.63) is 41.2 Å². The Bertz CT molecular complexity index is 459. The number of halogens is 1. The van der Waals surface area contributed by atoms with Crippen LogP contribution in [-0.2, 0) is 6.42 Å². The SMILES string of the molecule is NCCc1cc(Cl)ccc1Sc1ncco1. The van der Waals surface area contributed by atoms with Gasteiger partial charge in [-0.25, -0.2) is 4.98 Å². The molecule has 0 spiro atoms. The second-order valence-electron chi connectivity index (χ2n) is 3.19. The van der Waals surface area contributed by atoms with Gasteiger partial charge in [0.05, 0.1) is 6.20 Å². The van der Waals surface area contributed by atoms with Gasteiger partial charge >= 0.3 is 0 Å². The molecule has 0 saturated carbocycles. The molecule has 1 aromatic carbocycles. The Morgan fingerprint density at radius 3 is 3.00 bits per heavy atom. The highest BCUT2D eigenvalue weighted by Gasteiger charge is 2.07. The smallest absolute Gasteiger partial charge is 0.260 e. The van der Waals surface area contributed by atoms with Crippen molar-refractivity contribution in [2.45, 2.75) is 16.5 Å². The van der Waals surface area contributed by atoms with Crippen LogP contribution in [0.25, 0.3) is 0 Å². The number of hydrogen-bond acceptors (Lipinski definition) is 4. The molecule has 0 aliphatic carbocycles. The summed E-state index contributed by atoms with van der Waals surface area (Å²) in [5, 5.41) is 1.35. The van der Waals surface area contributed by atoms with Crippen LogP contribution < -0.4 is 5.73 Å². The Labute approximate surface area is 103 Å². The number of hydrogen-bond donors (Lipinski definition) is 1. The Kier molecular flexibility index (Phi) is 3.88. The molecule has 1 heterocycles. The predicted molar refractivity (Wildman–Crippen MR) is 64.8 cm³/mol. The predicted octanol–water partition coefficient (Wildman–Crippen LogP) is 2.98. The van der Waals surface area contributed by atoms with Gasteiger partial charge in [-0.15, -0.1) is 0 Å². The summed E-state index contributed by atoms with van der Waals surface area (Å²) in [5.74, 6) is 0. The molecule has 84 valence electrons. The van der Waals surface area contributed by atoms with Gasteiger partial charge in [0.1, 0.15) is 6.26 Å². The molecule has 0 aliphatic heterocycles. The van der Waals surface area contributed by atoms with Crippen LogP contribution in [0.1, 0.15) is 5.56 Å². The minimum Gasteiger partial charge on any atom is -0.440 e. The Morgan fingerprint density at radius 1 is 1.44 bits per heavy atom. The molecular formula is C11H11ClN2OS. The zero-order valence-electron chi connectivity index (χ0n) is 8.52. The van der Waals surface area contributed by atoms with Gasteiger partial charge in [0.25, 0.3) is 5.22 Å². The lowest BCUT2D eigenvalue weighted by Gasteiger charge is -2.06. The van der Waals surface area contributed by atoms with Crippen LogP contribution in [0.4, 0.5) is 0 Å². The molecule has 16 heavy (non-hydrogen) atoms. The topological polar surface area (TPSA) is 52.0 Å². The molecule has 2 N–H and O–H groups in total. The summed E-state index contributed by atoms with van der Waals surface area (Å²) in [6, 6.07) is 5.74. The van der Waals surface area contributed by atoms with Crippen LogP contribution in [0.15, 0.2) is 45.2 Å². The normalized spacial score (nSPS) is 10.6.